The highest BCUT2D eigenvalue weighted by Gasteiger charge is 2.55. The van der Waals surface area contributed by atoms with Crippen LogP contribution in [0.4, 0.5) is 32.3 Å². The van der Waals surface area contributed by atoms with Gasteiger partial charge >= 0.3 is 0 Å². The summed E-state index contributed by atoms with van der Waals surface area (Å²) in [6.07, 6.45) is -3.48. The molecule has 0 radical (unpaired) electrons. The minimum Gasteiger partial charge on any atom is -0.378 e. The van der Waals surface area contributed by atoms with Gasteiger partial charge in [-0.15, -0.1) is 10.2 Å². The number of carbonyl (C=O) groups is 1. The van der Waals surface area contributed by atoms with E-state index in [-0.39, 0.29) is 45.7 Å². The number of fused-ring (bicyclic) bond motifs is 2. The number of aromatic nitrogens is 6. The van der Waals surface area contributed by atoms with Crippen LogP contribution in [0.2, 0.25) is 5.15 Å². The molecule has 17 heteroatoms. The van der Waals surface area contributed by atoms with Gasteiger partial charge in [-0.05, 0) is 74.1 Å². The normalized spacial score (nSPS) is 17.2. The van der Waals surface area contributed by atoms with Gasteiger partial charge in [0.05, 0.1) is 11.7 Å². The van der Waals surface area contributed by atoms with Crippen molar-refractivity contribution in [2.24, 2.45) is 5.92 Å². The number of benzene rings is 1. The molecule has 1 aliphatic carbocycles. The number of carbonyl (C=O) groups excluding carboxylic acids is 1. The van der Waals surface area contributed by atoms with Crippen molar-refractivity contribution in [2.45, 2.75) is 70.6 Å². The summed E-state index contributed by atoms with van der Waals surface area (Å²) in [5, 5.41) is 24.9. The maximum Gasteiger partial charge on any atom is 0.292 e. The van der Waals surface area contributed by atoms with Crippen molar-refractivity contribution in [1.82, 2.24) is 34.7 Å². The average Bonchev–Trinajstić information content (AvgIpc) is 3.68. The molecule has 0 saturated heterocycles. The Hall–Kier alpha value is -5.14. The zero-order chi connectivity index (χ0) is 37.9. The van der Waals surface area contributed by atoms with Gasteiger partial charge in [-0.2, -0.15) is 13.9 Å². The maximum absolute atomic E-state index is 15.5. The average molecular weight is 745 g/mol. The fourth-order valence-electron chi connectivity index (χ4n) is 6.35. The van der Waals surface area contributed by atoms with E-state index in [1.807, 2.05) is 0 Å². The molecule has 4 aromatic heterocycles. The van der Waals surface area contributed by atoms with E-state index >= 15 is 8.78 Å². The second kappa shape index (κ2) is 13.4. The van der Waals surface area contributed by atoms with Crippen LogP contribution in [0.1, 0.15) is 80.0 Å². The zero-order valence-corrected chi connectivity index (χ0v) is 28.8. The second-order valence-electron chi connectivity index (χ2n) is 13.1. The predicted molar refractivity (Wildman–Crippen MR) is 178 cm³/mol. The predicted octanol–water partition coefficient (Wildman–Crippen LogP) is 6.51. The van der Waals surface area contributed by atoms with Gasteiger partial charge in [-0.1, -0.05) is 31.4 Å². The van der Waals surface area contributed by atoms with Gasteiger partial charge < -0.3 is 16.2 Å². The van der Waals surface area contributed by atoms with E-state index in [1.54, 1.807) is 12.1 Å². The van der Waals surface area contributed by atoms with Gasteiger partial charge in [-0.3, -0.25) is 13.9 Å². The van der Waals surface area contributed by atoms with E-state index in [2.05, 4.69) is 37.4 Å². The number of nitrogens with one attached hydrogen (secondary N) is 1. The topological polar surface area (TPSA) is 136 Å². The smallest absolute Gasteiger partial charge is 0.292 e. The van der Waals surface area contributed by atoms with E-state index in [0.29, 0.717) is 21.9 Å². The van der Waals surface area contributed by atoms with Gasteiger partial charge in [0.25, 0.3) is 12.3 Å². The van der Waals surface area contributed by atoms with E-state index in [1.165, 1.54) is 44.2 Å². The minimum absolute atomic E-state index is 0.0422. The number of nitrogens with two attached hydrogens (primary N) is 1. The highest BCUT2D eigenvalue weighted by Crippen LogP contribution is 2.54. The standard InChI is InChI=1S/C35H31ClF6N8O2/c1-16-17(2)35(41,42)30-27(16)29(31(39)40)48-49(30)15-26(51)45-24(13-18-11-19(37)14-20(38)12-18)28-22(6-5-21(44-28)9-10-34(3,4)52)23-7-8-25(36)50-32(23)46-47-33(50)43/h5-8,11-12,14,16-17,24,31,52H,13,15H2,1-4H3,(H2,43,47)(H,45,51)/t16-,17+,24-/m0/s1. The number of hydrogen-bond donors (Lipinski definition) is 3. The molecule has 4 heterocycles. The van der Waals surface area contributed by atoms with Crippen molar-refractivity contribution in [3.8, 4) is 23.0 Å². The summed E-state index contributed by atoms with van der Waals surface area (Å²) in [6, 6.07) is 7.66. The molecule has 10 nitrogen and oxygen atoms in total. The number of nitrogen functional groups attached to an aromatic ring is 1. The molecule has 52 heavy (non-hydrogen) atoms. The largest absolute Gasteiger partial charge is 0.378 e. The number of alkyl halides is 4. The summed E-state index contributed by atoms with van der Waals surface area (Å²) in [5.74, 6) is -3.30. The van der Waals surface area contributed by atoms with Crippen molar-refractivity contribution in [3.63, 3.8) is 0 Å². The molecule has 0 fully saturated rings. The van der Waals surface area contributed by atoms with Crippen LogP contribution in [0.15, 0.2) is 42.5 Å². The van der Waals surface area contributed by atoms with E-state index in [9.17, 15) is 27.5 Å². The highest BCUT2D eigenvalue weighted by molar-refractivity contribution is 6.30. The number of halogens is 7. The van der Waals surface area contributed by atoms with Crippen LogP contribution < -0.4 is 11.1 Å². The molecule has 0 unspecified atom stereocenters. The van der Waals surface area contributed by atoms with Gasteiger partial charge in [0.1, 0.15) is 46.0 Å². The van der Waals surface area contributed by atoms with Gasteiger partial charge in [0.15, 0.2) is 5.65 Å². The number of anilines is 1. The van der Waals surface area contributed by atoms with Crippen molar-refractivity contribution in [2.75, 3.05) is 5.73 Å². The SMILES string of the molecule is C[C@@H]1c2c(C(F)F)nn(CC(=O)N[C@@H](Cc3cc(F)cc(F)c3)c3nc(C#CC(C)(C)O)ccc3-c3ccc(Cl)n4c(N)nnc34)c2C(F)(F)[C@@H]1C. The molecule has 272 valence electrons. The molecule has 0 bridgehead atoms. The molecule has 1 aliphatic rings. The minimum atomic E-state index is -3.57. The summed E-state index contributed by atoms with van der Waals surface area (Å²) in [7, 11) is 0. The van der Waals surface area contributed by atoms with Crippen molar-refractivity contribution < 1.29 is 36.2 Å². The fraction of sp³-hybridized carbons (Fsp3) is 0.343. The molecule has 4 N–H and O–H groups in total. The lowest BCUT2D eigenvalue weighted by Crippen LogP contribution is -2.35. The highest BCUT2D eigenvalue weighted by atomic mass is 35.5. The van der Waals surface area contributed by atoms with Crippen LogP contribution in [0.25, 0.3) is 16.8 Å². The Bertz CT molecular complexity index is 2250. The summed E-state index contributed by atoms with van der Waals surface area (Å²) in [4.78, 5) is 18.5. The molecular formula is C35H31ClF6N8O2. The van der Waals surface area contributed by atoms with Crippen LogP contribution in [-0.2, 0) is 23.7 Å². The van der Waals surface area contributed by atoms with Gasteiger partial charge in [0.2, 0.25) is 11.9 Å². The first-order valence-corrected chi connectivity index (χ1v) is 16.3. The second-order valence-corrected chi connectivity index (χ2v) is 13.5. The third-order valence-corrected chi connectivity index (χ3v) is 9.17. The molecule has 0 aliphatic heterocycles. The molecule has 5 aromatic rings. The van der Waals surface area contributed by atoms with Crippen LogP contribution >= 0.6 is 11.6 Å². The van der Waals surface area contributed by atoms with Crippen LogP contribution in [-0.4, -0.2) is 46.0 Å². The number of aliphatic hydroxyl groups is 1. The molecule has 0 saturated carbocycles. The molecule has 6 rings (SSSR count). The summed E-state index contributed by atoms with van der Waals surface area (Å²) < 4.78 is 89.8. The summed E-state index contributed by atoms with van der Waals surface area (Å²) >= 11 is 6.37. The molecule has 3 atom stereocenters. The van der Waals surface area contributed by atoms with Crippen LogP contribution in [0.3, 0.4) is 0 Å². The molecule has 1 amide bonds. The lowest BCUT2D eigenvalue weighted by Gasteiger charge is -2.23. The van der Waals surface area contributed by atoms with Gasteiger partial charge in [0, 0.05) is 28.7 Å². The third kappa shape index (κ3) is 6.90. The molecule has 1 aromatic carbocycles. The first-order chi connectivity index (χ1) is 24.4. The first-order valence-electron chi connectivity index (χ1n) is 15.9. The third-order valence-electron chi connectivity index (χ3n) is 8.88. The van der Waals surface area contributed by atoms with E-state index in [4.69, 9.17) is 17.3 Å². The Morgan fingerprint density at radius 3 is 2.40 bits per heavy atom. The quantitative estimate of drug-likeness (QED) is 0.0937. The summed E-state index contributed by atoms with van der Waals surface area (Å²) in [6.45, 7) is 4.63. The molecule has 0 spiro atoms. The number of amides is 1. The fourth-order valence-corrected chi connectivity index (χ4v) is 6.58. The zero-order valence-electron chi connectivity index (χ0n) is 28.0. The van der Waals surface area contributed by atoms with Crippen molar-refractivity contribution in [1.29, 1.82) is 0 Å². The Labute approximate surface area is 298 Å². The number of nitrogens with zero attached hydrogens (tertiary/aromatic N) is 6. The van der Waals surface area contributed by atoms with Crippen LogP contribution in [0, 0.1) is 29.4 Å². The summed E-state index contributed by atoms with van der Waals surface area (Å²) in [5.41, 5.74) is 3.75. The lowest BCUT2D eigenvalue weighted by atomic mass is 9.94. The maximum atomic E-state index is 15.5. The number of hydrogen-bond acceptors (Lipinski definition) is 7. The van der Waals surface area contributed by atoms with Crippen molar-refractivity contribution >= 4 is 29.1 Å². The Kier molecular flexibility index (Phi) is 9.47. The van der Waals surface area contributed by atoms with E-state index in [0.717, 1.165) is 12.1 Å². The molecular weight excluding hydrogens is 714 g/mol. The first kappa shape index (κ1) is 36.6. The Morgan fingerprint density at radius 1 is 1.08 bits per heavy atom. The lowest BCUT2D eigenvalue weighted by molar-refractivity contribution is -0.123. The Morgan fingerprint density at radius 2 is 1.75 bits per heavy atom. The van der Waals surface area contributed by atoms with Gasteiger partial charge in [-0.25, -0.2) is 22.5 Å². The van der Waals surface area contributed by atoms with E-state index < -0.39 is 71.3 Å². The monoisotopic (exact) mass is 744 g/mol. The number of rotatable bonds is 8. The van der Waals surface area contributed by atoms with Crippen LogP contribution in [0.5, 0.6) is 0 Å². The Balaban J connectivity index is 1.50. The number of pyridine rings is 2. The van der Waals surface area contributed by atoms with Crippen molar-refractivity contribution in [3.05, 3.63) is 93.2 Å².